The van der Waals surface area contributed by atoms with Crippen LogP contribution in [0.3, 0.4) is 0 Å². The molecule has 148 valence electrons. The molecule has 0 spiro atoms. The number of hydrogen-bond acceptors (Lipinski definition) is 2. The molecule has 0 saturated heterocycles. The van der Waals surface area contributed by atoms with Crippen LogP contribution in [0.5, 0.6) is 0 Å². The Morgan fingerprint density at radius 1 is 1.03 bits per heavy atom. The van der Waals surface area contributed by atoms with Gasteiger partial charge in [-0.15, -0.1) is 0 Å². The number of nitrogens with zero attached hydrogens (tertiary/aromatic N) is 2. The van der Waals surface area contributed by atoms with Crippen LogP contribution in [0.15, 0.2) is 77.3 Å². The molecular weight excluding hydrogens is 462 g/mol. The minimum absolute atomic E-state index is 0.0912. The quantitative estimate of drug-likeness (QED) is 0.363. The summed E-state index contributed by atoms with van der Waals surface area (Å²) in [5.74, 6) is -0.0912. The molecule has 6 heteroatoms. The number of rotatable bonds is 3. The van der Waals surface area contributed by atoms with Gasteiger partial charge in [0.1, 0.15) is 5.69 Å². The van der Waals surface area contributed by atoms with Crippen molar-refractivity contribution in [1.82, 2.24) is 10.2 Å². The van der Waals surface area contributed by atoms with E-state index in [2.05, 4.69) is 26.1 Å². The maximum atomic E-state index is 13.5. The molecule has 1 aromatic heterocycles. The molecular formula is C24H17BrClN3O. The summed E-state index contributed by atoms with van der Waals surface area (Å²) in [6.07, 6.45) is 0. The van der Waals surface area contributed by atoms with E-state index in [9.17, 15) is 4.79 Å². The largest absolute Gasteiger partial charge is 0.295 e. The monoisotopic (exact) mass is 477 g/mol. The lowest BCUT2D eigenvalue weighted by Gasteiger charge is -2.26. The van der Waals surface area contributed by atoms with E-state index in [1.54, 1.807) is 0 Å². The molecule has 5 rings (SSSR count). The summed E-state index contributed by atoms with van der Waals surface area (Å²) >= 11 is 9.65. The molecule has 2 heterocycles. The van der Waals surface area contributed by atoms with Crippen LogP contribution in [0.2, 0.25) is 5.02 Å². The van der Waals surface area contributed by atoms with E-state index < -0.39 is 0 Å². The van der Waals surface area contributed by atoms with Gasteiger partial charge in [-0.3, -0.25) is 14.8 Å². The van der Waals surface area contributed by atoms with Gasteiger partial charge in [-0.2, -0.15) is 5.10 Å². The summed E-state index contributed by atoms with van der Waals surface area (Å²) in [7, 11) is 0. The van der Waals surface area contributed by atoms with Gasteiger partial charge >= 0.3 is 0 Å². The van der Waals surface area contributed by atoms with Crippen LogP contribution in [0.4, 0.5) is 5.69 Å². The fraction of sp³-hybridized carbons (Fsp3) is 0.0833. The molecule has 30 heavy (non-hydrogen) atoms. The Kier molecular flexibility index (Phi) is 4.72. The summed E-state index contributed by atoms with van der Waals surface area (Å²) in [6.45, 7) is 2.03. The van der Waals surface area contributed by atoms with Crippen LogP contribution in [0.25, 0.3) is 11.3 Å². The smallest absolute Gasteiger partial charge is 0.277 e. The van der Waals surface area contributed by atoms with Gasteiger partial charge < -0.3 is 0 Å². The predicted octanol–water partition coefficient (Wildman–Crippen LogP) is 6.55. The number of benzene rings is 3. The Bertz CT molecular complexity index is 1250. The van der Waals surface area contributed by atoms with E-state index in [0.717, 1.165) is 38.1 Å². The number of aromatic nitrogens is 2. The van der Waals surface area contributed by atoms with Crippen molar-refractivity contribution < 1.29 is 4.79 Å². The molecule has 4 aromatic rings. The van der Waals surface area contributed by atoms with Crippen LogP contribution in [0.1, 0.15) is 33.2 Å². The highest BCUT2D eigenvalue weighted by molar-refractivity contribution is 9.10. The van der Waals surface area contributed by atoms with Crippen molar-refractivity contribution in [2.45, 2.75) is 13.0 Å². The molecule has 3 aromatic carbocycles. The number of carbonyl (C=O) groups is 1. The molecule has 1 N–H and O–H groups in total. The summed E-state index contributed by atoms with van der Waals surface area (Å²) in [4.78, 5) is 15.3. The Morgan fingerprint density at radius 3 is 2.47 bits per heavy atom. The molecule has 1 amide bonds. The number of halogens is 2. The summed E-state index contributed by atoms with van der Waals surface area (Å²) in [5, 5.41) is 8.15. The lowest BCUT2D eigenvalue weighted by Crippen LogP contribution is -2.29. The highest BCUT2D eigenvalue weighted by atomic mass is 79.9. The topological polar surface area (TPSA) is 49.0 Å². The highest BCUT2D eigenvalue weighted by Gasteiger charge is 2.43. The minimum Gasteiger partial charge on any atom is -0.295 e. The third kappa shape index (κ3) is 3.15. The van der Waals surface area contributed by atoms with Crippen molar-refractivity contribution in [3.63, 3.8) is 0 Å². The molecule has 0 fully saturated rings. The Labute approximate surface area is 187 Å². The van der Waals surface area contributed by atoms with Gasteiger partial charge in [0, 0.05) is 26.3 Å². The van der Waals surface area contributed by atoms with Crippen molar-refractivity contribution in [2.24, 2.45) is 0 Å². The van der Waals surface area contributed by atoms with E-state index in [4.69, 9.17) is 11.6 Å². The van der Waals surface area contributed by atoms with Crippen LogP contribution in [0, 0.1) is 6.92 Å². The fourth-order valence-corrected chi connectivity index (χ4v) is 4.48. The van der Waals surface area contributed by atoms with Crippen LogP contribution < -0.4 is 4.90 Å². The van der Waals surface area contributed by atoms with Crippen LogP contribution >= 0.6 is 27.5 Å². The van der Waals surface area contributed by atoms with E-state index in [1.165, 1.54) is 0 Å². The normalized spacial score (nSPS) is 15.5. The molecule has 1 atom stereocenters. The average Bonchev–Trinajstić information content (AvgIpc) is 3.28. The first-order valence-electron chi connectivity index (χ1n) is 9.53. The Morgan fingerprint density at radius 2 is 1.77 bits per heavy atom. The molecule has 1 aliphatic rings. The van der Waals surface area contributed by atoms with E-state index in [1.807, 2.05) is 84.6 Å². The third-order valence-electron chi connectivity index (χ3n) is 5.36. The summed E-state index contributed by atoms with van der Waals surface area (Å²) in [5.41, 5.74) is 6.07. The van der Waals surface area contributed by atoms with Gasteiger partial charge in [0.25, 0.3) is 5.91 Å². The number of aromatic amines is 1. The van der Waals surface area contributed by atoms with Gasteiger partial charge in [0.15, 0.2) is 0 Å². The maximum absolute atomic E-state index is 13.5. The van der Waals surface area contributed by atoms with Crippen molar-refractivity contribution in [2.75, 3.05) is 4.90 Å². The third-order valence-corrected chi connectivity index (χ3v) is 6.11. The van der Waals surface area contributed by atoms with E-state index >= 15 is 0 Å². The summed E-state index contributed by atoms with van der Waals surface area (Å²) in [6, 6.07) is 23.3. The lowest BCUT2D eigenvalue weighted by atomic mass is 9.96. The molecule has 0 bridgehead atoms. The SMILES string of the molecule is Cc1ccc(N2C(=O)c3[nH]nc(-c4ccc(Cl)cc4)c3C2c2cccc(Br)c2)cc1. The van der Waals surface area contributed by atoms with Crippen molar-refractivity contribution in [3.05, 3.63) is 105 Å². The second-order valence-corrected chi connectivity index (χ2v) is 8.69. The molecule has 0 radical (unpaired) electrons. The first-order valence-corrected chi connectivity index (χ1v) is 10.7. The van der Waals surface area contributed by atoms with Gasteiger partial charge in [0.2, 0.25) is 0 Å². The van der Waals surface area contributed by atoms with Gasteiger partial charge in [-0.1, -0.05) is 69.5 Å². The lowest BCUT2D eigenvalue weighted by molar-refractivity contribution is 0.0989. The van der Waals surface area contributed by atoms with E-state index in [0.29, 0.717) is 10.7 Å². The van der Waals surface area contributed by atoms with Gasteiger partial charge in [-0.25, -0.2) is 0 Å². The highest BCUT2D eigenvalue weighted by Crippen LogP contribution is 2.45. The molecule has 0 saturated carbocycles. The number of hydrogen-bond donors (Lipinski definition) is 1. The predicted molar refractivity (Wildman–Crippen MR) is 123 cm³/mol. The molecule has 1 unspecified atom stereocenters. The fourth-order valence-electron chi connectivity index (χ4n) is 3.94. The number of carbonyl (C=O) groups excluding carboxylic acids is 1. The number of amides is 1. The first kappa shape index (κ1) is 19.1. The second kappa shape index (κ2) is 7.42. The van der Waals surface area contributed by atoms with Gasteiger partial charge in [-0.05, 0) is 48.9 Å². The zero-order valence-corrected chi connectivity index (χ0v) is 18.4. The zero-order chi connectivity index (χ0) is 20.8. The van der Waals surface area contributed by atoms with Crippen LogP contribution in [-0.2, 0) is 0 Å². The van der Waals surface area contributed by atoms with E-state index in [-0.39, 0.29) is 11.9 Å². The number of fused-ring (bicyclic) bond motifs is 1. The number of anilines is 1. The standard InChI is InChI=1S/C24H17BrClN3O/c1-14-5-11-19(12-6-14)29-23(16-3-2-4-17(25)13-16)20-21(27-28-22(20)24(29)30)15-7-9-18(26)10-8-15/h2-13,23H,1H3,(H,27,28). The van der Waals surface area contributed by atoms with Gasteiger partial charge in [0.05, 0.1) is 11.7 Å². The average molecular weight is 479 g/mol. The second-order valence-electron chi connectivity index (χ2n) is 7.34. The van der Waals surface area contributed by atoms with Crippen LogP contribution in [-0.4, -0.2) is 16.1 Å². The van der Waals surface area contributed by atoms with Crippen molar-refractivity contribution >= 4 is 39.1 Å². The van der Waals surface area contributed by atoms with Crippen molar-refractivity contribution in [1.29, 1.82) is 0 Å². The summed E-state index contributed by atoms with van der Waals surface area (Å²) < 4.78 is 0.960. The maximum Gasteiger partial charge on any atom is 0.277 e. The molecule has 4 nitrogen and oxygen atoms in total. The zero-order valence-electron chi connectivity index (χ0n) is 16.1. The number of H-pyrrole nitrogens is 1. The Hall–Kier alpha value is -2.89. The Balaban J connectivity index is 1.72. The number of nitrogens with one attached hydrogen (secondary N) is 1. The molecule has 0 aliphatic carbocycles. The number of aryl methyl sites for hydroxylation is 1. The minimum atomic E-state index is -0.294. The molecule has 1 aliphatic heterocycles. The van der Waals surface area contributed by atoms with Crippen molar-refractivity contribution in [3.8, 4) is 11.3 Å². The first-order chi connectivity index (χ1) is 14.5.